The van der Waals surface area contributed by atoms with Gasteiger partial charge in [0.05, 0.1) is 6.54 Å². The van der Waals surface area contributed by atoms with E-state index in [4.69, 9.17) is 5.11 Å². The average molecular weight is 214 g/mol. The molecule has 1 heterocycles. The maximum atomic E-state index is 10.7. The summed E-state index contributed by atoms with van der Waals surface area (Å²) >= 11 is 0. The number of hydrogen-bond donors (Lipinski definition) is 1. The normalized spacial score (nSPS) is 22.9. The summed E-state index contributed by atoms with van der Waals surface area (Å²) in [6.45, 7) is 6.28. The molecule has 1 atom stereocenters. The lowest BCUT2D eigenvalue weighted by Crippen LogP contribution is -2.44. The van der Waals surface area contributed by atoms with Gasteiger partial charge < -0.3 is 10.0 Å². The Morgan fingerprint density at radius 1 is 1.60 bits per heavy atom. The molecular formula is C11H22N2O2. The van der Waals surface area contributed by atoms with Gasteiger partial charge in [-0.05, 0) is 40.3 Å². The quantitative estimate of drug-likeness (QED) is 0.737. The Balaban J connectivity index is 2.46. The van der Waals surface area contributed by atoms with Gasteiger partial charge in [-0.25, -0.2) is 0 Å². The number of aliphatic carboxylic acids is 1. The zero-order valence-electron chi connectivity index (χ0n) is 9.94. The third-order valence-corrected chi connectivity index (χ3v) is 3.19. The Labute approximate surface area is 91.9 Å². The van der Waals surface area contributed by atoms with Crippen LogP contribution >= 0.6 is 0 Å². The molecule has 4 heteroatoms. The molecule has 0 aliphatic carbocycles. The maximum absolute atomic E-state index is 10.7. The molecule has 15 heavy (non-hydrogen) atoms. The number of likely N-dealkylation sites (tertiary alicyclic amines) is 1. The minimum absolute atomic E-state index is 0.155. The van der Waals surface area contributed by atoms with Gasteiger partial charge in [-0.1, -0.05) is 0 Å². The summed E-state index contributed by atoms with van der Waals surface area (Å²) in [7, 11) is 2.12. The first-order valence-electron chi connectivity index (χ1n) is 5.66. The summed E-state index contributed by atoms with van der Waals surface area (Å²) in [5.41, 5.74) is 0. The van der Waals surface area contributed by atoms with E-state index in [-0.39, 0.29) is 6.54 Å². The second-order valence-corrected chi connectivity index (χ2v) is 4.69. The summed E-state index contributed by atoms with van der Waals surface area (Å²) in [5.74, 6) is -0.732. The van der Waals surface area contributed by atoms with Gasteiger partial charge in [0, 0.05) is 18.6 Å². The van der Waals surface area contributed by atoms with Crippen LogP contribution in [0.4, 0.5) is 0 Å². The predicted octanol–water partition coefficient (Wildman–Crippen LogP) is 0.876. The molecule has 0 aromatic carbocycles. The van der Waals surface area contributed by atoms with E-state index in [0.717, 1.165) is 13.1 Å². The van der Waals surface area contributed by atoms with Crippen LogP contribution in [0.3, 0.4) is 0 Å². The highest BCUT2D eigenvalue weighted by Crippen LogP contribution is 2.16. The lowest BCUT2D eigenvalue weighted by molar-refractivity contribution is -0.139. The molecule has 1 aliphatic heterocycles. The molecule has 1 aliphatic rings. The van der Waals surface area contributed by atoms with Crippen molar-refractivity contribution in [3.8, 4) is 0 Å². The summed E-state index contributed by atoms with van der Waals surface area (Å²) < 4.78 is 0. The van der Waals surface area contributed by atoms with Crippen molar-refractivity contribution in [2.75, 3.05) is 26.7 Å². The monoisotopic (exact) mass is 214 g/mol. The minimum Gasteiger partial charge on any atom is -0.480 e. The van der Waals surface area contributed by atoms with Crippen LogP contribution in [-0.2, 0) is 4.79 Å². The Hall–Kier alpha value is -0.610. The van der Waals surface area contributed by atoms with Crippen LogP contribution in [0.15, 0.2) is 0 Å². The summed E-state index contributed by atoms with van der Waals surface area (Å²) in [6.07, 6.45) is 2.43. The molecule has 1 fully saturated rings. The number of nitrogens with zero attached hydrogens (tertiary/aromatic N) is 2. The number of likely N-dealkylation sites (N-methyl/N-ethyl adjacent to an activating group) is 1. The van der Waals surface area contributed by atoms with Crippen LogP contribution in [0, 0.1) is 0 Å². The second-order valence-electron chi connectivity index (χ2n) is 4.69. The molecule has 0 radical (unpaired) electrons. The van der Waals surface area contributed by atoms with E-state index in [1.165, 1.54) is 12.8 Å². The maximum Gasteiger partial charge on any atom is 0.317 e. The number of carbonyl (C=O) groups is 1. The minimum atomic E-state index is -0.732. The SMILES string of the molecule is CC(C)N(CC(=O)O)C[C@@H]1CCCN1C. The number of hydrogen-bond acceptors (Lipinski definition) is 3. The zero-order valence-corrected chi connectivity index (χ0v) is 9.94. The first kappa shape index (κ1) is 12.5. The van der Waals surface area contributed by atoms with Crippen molar-refractivity contribution >= 4 is 5.97 Å². The van der Waals surface area contributed by atoms with Gasteiger partial charge in [0.15, 0.2) is 0 Å². The first-order valence-corrected chi connectivity index (χ1v) is 5.66. The van der Waals surface area contributed by atoms with Crippen LogP contribution < -0.4 is 0 Å². The van der Waals surface area contributed by atoms with Gasteiger partial charge in [0.2, 0.25) is 0 Å². The zero-order chi connectivity index (χ0) is 11.4. The van der Waals surface area contributed by atoms with Gasteiger partial charge in [-0.2, -0.15) is 0 Å². The van der Waals surface area contributed by atoms with Crippen molar-refractivity contribution in [3.63, 3.8) is 0 Å². The van der Waals surface area contributed by atoms with E-state index >= 15 is 0 Å². The van der Waals surface area contributed by atoms with E-state index in [1.807, 2.05) is 4.90 Å². The highest BCUT2D eigenvalue weighted by atomic mass is 16.4. The number of carboxylic acids is 1. The molecule has 1 N–H and O–H groups in total. The van der Waals surface area contributed by atoms with E-state index in [0.29, 0.717) is 12.1 Å². The van der Waals surface area contributed by atoms with Gasteiger partial charge in [-0.15, -0.1) is 0 Å². The summed E-state index contributed by atoms with van der Waals surface area (Å²) in [4.78, 5) is 15.1. The Morgan fingerprint density at radius 3 is 2.67 bits per heavy atom. The van der Waals surface area contributed by atoms with Crippen LogP contribution in [0.25, 0.3) is 0 Å². The van der Waals surface area contributed by atoms with Gasteiger partial charge in [0.1, 0.15) is 0 Å². The standard InChI is InChI=1S/C11H22N2O2/c1-9(2)13(8-11(14)15)7-10-5-4-6-12(10)3/h9-10H,4-8H2,1-3H3,(H,14,15)/t10-/m0/s1. The molecule has 0 bridgehead atoms. The van der Waals surface area contributed by atoms with Crippen LogP contribution in [-0.4, -0.2) is 59.6 Å². The molecule has 0 amide bonds. The molecule has 0 spiro atoms. The molecule has 0 saturated carbocycles. The molecule has 0 aromatic heterocycles. The van der Waals surface area contributed by atoms with Crippen molar-refractivity contribution in [2.45, 2.75) is 38.8 Å². The molecule has 0 unspecified atom stereocenters. The predicted molar refractivity (Wildman–Crippen MR) is 60.0 cm³/mol. The Bertz CT molecular complexity index is 219. The lowest BCUT2D eigenvalue weighted by atomic mass is 10.2. The fourth-order valence-electron chi connectivity index (χ4n) is 2.11. The smallest absolute Gasteiger partial charge is 0.317 e. The third-order valence-electron chi connectivity index (χ3n) is 3.19. The van der Waals surface area contributed by atoms with Crippen molar-refractivity contribution < 1.29 is 9.90 Å². The molecular weight excluding hydrogens is 192 g/mol. The molecule has 4 nitrogen and oxygen atoms in total. The van der Waals surface area contributed by atoms with Crippen molar-refractivity contribution in [3.05, 3.63) is 0 Å². The van der Waals surface area contributed by atoms with E-state index in [2.05, 4.69) is 25.8 Å². The van der Waals surface area contributed by atoms with E-state index in [1.54, 1.807) is 0 Å². The fraction of sp³-hybridized carbons (Fsp3) is 0.909. The molecule has 1 saturated heterocycles. The third kappa shape index (κ3) is 3.80. The van der Waals surface area contributed by atoms with Crippen LogP contribution in [0.1, 0.15) is 26.7 Å². The van der Waals surface area contributed by atoms with Gasteiger partial charge >= 0.3 is 5.97 Å². The lowest BCUT2D eigenvalue weighted by Gasteiger charge is -2.30. The largest absolute Gasteiger partial charge is 0.480 e. The highest BCUT2D eigenvalue weighted by molar-refractivity contribution is 5.69. The van der Waals surface area contributed by atoms with E-state index < -0.39 is 5.97 Å². The molecule has 0 aromatic rings. The van der Waals surface area contributed by atoms with Crippen molar-refractivity contribution in [1.29, 1.82) is 0 Å². The summed E-state index contributed by atoms with van der Waals surface area (Å²) in [6, 6.07) is 0.835. The van der Waals surface area contributed by atoms with Crippen molar-refractivity contribution in [2.24, 2.45) is 0 Å². The average Bonchev–Trinajstić information content (AvgIpc) is 2.50. The van der Waals surface area contributed by atoms with Crippen LogP contribution in [0.5, 0.6) is 0 Å². The molecule has 1 rings (SSSR count). The second kappa shape index (κ2) is 5.47. The van der Waals surface area contributed by atoms with Gasteiger partial charge in [-0.3, -0.25) is 9.69 Å². The van der Waals surface area contributed by atoms with E-state index in [9.17, 15) is 4.79 Å². The number of carboxylic acid groups (broad SMARTS) is 1. The van der Waals surface area contributed by atoms with Gasteiger partial charge in [0.25, 0.3) is 0 Å². The fourth-order valence-corrected chi connectivity index (χ4v) is 2.11. The first-order chi connectivity index (χ1) is 7.00. The number of rotatable bonds is 5. The molecule has 88 valence electrons. The summed E-state index contributed by atoms with van der Waals surface area (Å²) in [5, 5.41) is 8.82. The topological polar surface area (TPSA) is 43.8 Å². The Morgan fingerprint density at radius 2 is 2.27 bits per heavy atom. The van der Waals surface area contributed by atoms with Crippen LogP contribution in [0.2, 0.25) is 0 Å². The van der Waals surface area contributed by atoms with Crippen molar-refractivity contribution in [1.82, 2.24) is 9.80 Å². The Kier molecular flexibility index (Phi) is 4.54. The highest BCUT2D eigenvalue weighted by Gasteiger charge is 2.25.